The molecule has 0 aliphatic carbocycles. The van der Waals surface area contributed by atoms with Gasteiger partial charge in [0.2, 0.25) is 5.91 Å². The van der Waals surface area contributed by atoms with Gasteiger partial charge >= 0.3 is 0 Å². The first-order valence-electron chi connectivity index (χ1n) is 6.73. The average Bonchev–Trinajstić information content (AvgIpc) is 2.42. The largest absolute Gasteiger partial charge is 0.493 e. The number of rotatable bonds is 4. The van der Waals surface area contributed by atoms with Crippen LogP contribution in [0.25, 0.3) is 0 Å². The second-order valence-corrected chi connectivity index (χ2v) is 4.81. The van der Waals surface area contributed by atoms with Crippen LogP contribution < -0.4 is 4.74 Å². The van der Waals surface area contributed by atoms with Crippen LogP contribution in [-0.4, -0.2) is 30.5 Å². The molecule has 0 unspecified atom stereocenters. The number of hydrogen-bond acceptors (Lipinski definition) is 2. The van der Waals surface area contributed by atoms with Crippen LogP contribution >= 0.6 is 0 Å². The molecule has 3 heteroatoms. The van der Waals surface area contributed by atoms with Crippen molar-refractivity contribution in [3.63, 3.8) is 0 Å². The molecule has 1 aromatic rings. The predicted octanol–water partition coefficient (Wildman–Crippen LogP) is 2.78. The Kier molecular flexibility index (Phi) is 4.62. The highest BCUT2D eigenvalue weighted by molar-refractivity contribution is 5.76. The molecule has 2 rings (SSSR count). The van der Waals surface area contributed by atoms with Gasteiger partial charge < -0.3 is 9.64 Å². The average molecular weight is 247 g/mol. The van der Waals surface area contributed by atoms with Crippen LogP contribution in [0.5, 0.6) is 5.75 Å². The molecule has 0 bridgehead atoms. The van der Waals surface area contributed by atoms with Crippen molar-refractivity contribution in [1.29, 1.82) is 0 Å². The zero-order valence-corrected chi connectivity index (χ0v) is 11.0. The fourth-order valence-corrected chi connectivity index (χ4v) is 2.27. The highest BCUT2D eigenvalue weighted by Crippen LogP contribution is 2.16. The van der Waals surface area contributed by atoms with Crippen molar-refractivity contribution < 1.29 is 9.53 Å². The molecule has 0 atom stereocenters. The number of carbonyl (C=O) groups is 1. The van der Waals surface area contributed by atoms with Crippen LogP contribution in [0.4, 0.5) is 0 Å². The summed E-state index contributed by atoms with van der Waals surface area (Å²) in [6.45, 7) is 4.33. The Labute approximate surface area is 109 Å². The third-order valence-corrected chi connectivity index (χ3v) is 3.38. The summed E-state index contributed by atoms with van der Waals surface area (Å²) in [5.74, 6) is 1.10. The molecule has 0 N–H and O–H groups in total. The van der Waals surface area contributed by atoms with E-state index in [-0.39, 0.29) is 5.91 Å². The first-order valence-corrected chi connectivity index (χ1v) is 6.73. The van der Waals surface area contributed by atoms with Crippen LogP contribution in [0.3, 0.4) is 0 Å². The van der Waals surface area contributed by atoms with Crippen LogP contribution in [0.15, 0.2) is 24.3 Å². The minimum absolute atomic E-state index is 0.225. The zero-order chi connectivity index (χ0) is 12.8. The maximum atomic E-state index is 11.9. The summed E-state index contributed by atoms with van der Waals surface area (Å²) < 4.78 is 5.65. The molecule has 1 aliphatic rings. The topological polar surface area (TPSA) is 29.5 Å². The number of benzene rings is 1. The fraction of sp³-hybridized carbons (Fsp3) is 0.533. The molecule has 18 heavy (non-hydrogen) atoms. The molecule has 0 saturated carbocycles. The Morgan fingerprint density at radius 1 is 1.22 bits per heavy atom. The molecule has 3 nitrogen and oxygen atoms in total. The molecule has 1 heterocycles. The van der Waals surface area contributed by atoms with Crippen LogP contribution in [0.1, 0.15) is 31.2 Å². The van der Waals surface area contributed by atoms with Gasteiger partial charge in [-0.05, 0) is 37.8 Å². The summed E-state index contributed by atoms with van der Waals surface area (Å²) in [5.41, 5.74) is 1.11. The van der Waals surface area contributed by atoms with Gasteiger partial charge in [0.05, 0.1) is 13.0 Å². The van der Waals surface area contributed by atoms with Crippen molar-refractivity contribution in [2.24, 2.45) is 0 Å². The molecular weight excluding hydrogens is 226 g/mol. The summed E-state index contributed by atoms with van der Waals surface area (Å²) in [5, 5.41) is 0. The van der Waals surface area contributed by atoms with Gasteiger partial charge in [0.15, 0.2) is 0 Å². The minimum atomic E-state index is 0.225. The van der Waals surface area contributed by atoms with Crippen LogP contribution in [-0.2, 0) is 4.79 Å². The van der Waals surface area contributed by atoms with Crippen molar-refractivity contribution in [1.82, 2.24) is 4.90 Å². The van der Waals surface area contributed by atoms with E-state index >= 15 is 0 Å². The van der Waals surface area contributed by atoms with Gasteiger partial charge in [0, 0.05) is 13.1 Å². The van der Waals surface area contributed by atoms with Gasteiger partial charge in [-0.2, -0.15) is 0 Å². The summed E-state index contributed by atoms with van der Waals surface area (Å²) in [7, 11) is 0. The molecule has 0 radical (unpaired) electrons. The number of para-hydroxylation sites is 1. The highest BCUT2D eigenvalue weighted by Gasteiger charge is 2.16. The van der Waals surface area contributed by atoms with Crippen LogP contribution in [0.2, 0.25) is 0 Å². The maximum Gasteiger partial charge on any atom is 0.225 e. The van der Waals surface area contributed by atoms with E-state index in [1.165, 1.54) is 6.42 Å². The Balaban J connectivity index is 1.75. The Morgan fingerprint density at radius 2 is 1.94 bits per heavy atom. The van der Waals surface area contributed by atoms with Gasteiger partial charge in [-0.3, -0.25) is 4.79 Å². The molecule has 0 spiro atoms. The van der Waals surface area contributed by atoms with Gasteiger partial charge in [-0.1, -0.05) is 18.2 Å². The van der Waals surface area contributed by atoms with Gasteiger partial charge in [-0.15, -0.1) is 0 Å². The third-order valence-electron chi connectivity index (χ3n) is 3.38. The SMILES string of the molecule is Cc1ccccc1OCCC(=O)N1CCCCC1. The minimum Gasteiger partial charge on any atom is -0.493 e. The van der Waals surface area contributed by atoms with E-state index in [9.17, 15) is 4.79 Å². The lowest BCUT2D eigenvalue weighted by atomic mass is 10.1. The van der Waals surface area contributed by atoms with Crippen molar-refractivity contribution in [3.8, 4) is 5.75 Å². The first-order chi connectivity index (χ1) is 8.77. The Hall–Kier alpha value is -1.51. The zero-order valence-electron chi connectivity index (χ0n) is 11.0. The van der Waals surface area contributed by atoms with Gasteiger partial charge in [0.25, 0.3) is 0 Å². The number of carbonyl (C=O) groups excluding carboxylic acids is 1. The van der Waals surface area contributed by atoms with Crippen molar-refractivity contribution >= 4 is 5.91 Å². The van der Waals surface area contributed by atoms with E-state index in [0.717, 1.165) is 37.2 Å². The lowest BCUT2D eigenvalue weighted by molar-refractivity contribution is -0.132. The third kappa shape index (κ3) is 3.49. The first kappa shape index (κ1) is 12.9. The number of amides is 1. The van der Waals surface area contributed by atoms with Crippen molar-refractivity contribution in [2.75, 3.05) is 19.7 Å². The van der Waals surface area contributed by atoms with Crippen molar-refractivity contribution in [3.05, 3.63) is 29.8 Å². The van der Waals surface area contributed by atoms with E-state index in [0.29, 0.717) is 13.0 Å². The Bertz CT molecular complexity index is 397. The molecule has 1 amide bonds. The van der Waals surface area contributed by atoms with Gasteiger partial charge in [-0.25, -0.2) is 0 Å². The molecular formula is C15H21NO2. The monoisotopic (exact) mass is 247 g/mol. The lowest BCUT2D eigenvalue weighted by Crippen LogP contribution is -2.36. The lowest BCUT2D eigenvalue weighted by Gasteiger charge is -2.26. The normalized spacial score (nSPS) is 15.5. The number of hydrogen-bond donors (Lipinski definition) is 0. The fourth-order valence-electron chi connectivity index (χ4n) is 2.27. The maximum absolute atomic E-state index is 11.9. The highest BCUT2D eigenvalue weighted by atomic mass is 16.5. The molecule has 98 valence electrons. The smallest absolute Gasteiger partial charge is 0.225 e. The number of aryl methyl sites for hydroxylation is 1. The summed E-state index contributed by atoms with van der Waals surface area (Å²) in [4.78, 5) is 13.9. The van der Waals surface area contributed by atoms with E-state index in [4.69, 9.17) is 4.74 Å². The predicted molar refractivity (Wildman–Crippen MR) is 71.7 cm³/mol. The van der Waals surface area contributed by atoms with E-state index < -0.39 is 0 Å². The second-order valence-electron chi connectivity index (χ2n) is 4.81. The number of nitrogens with zero attached hydrogens (tertiary/aromatic N) is 1. The second kappa shape index (κ2) is 6.43. The quantitative estimate of drug-likeness (QED) is 0.818. The molecule has 1 aliphatic heterocycles. The number of likely N-dealkylation sites (tertiary alicyclic amines) is 1. The summed E-state index contributed by atoms with van der Waals surface area (Å²) in [6.07, 6.45) is 4.02. The Morgan fingerprint density at radius 3 is 2.67 bits per heavy atom. The number of piperidine rings is 1. The molecule has 1 aromatic carbocycles. The van der Waals surface area contributed by atoms with Gasteiger partial charge in [0.1, 0.15) is 5.75 Å². The van der Waals surface area contributed by atoms with E-state index in [1.807, 2.05) is 36.1 Å². The number of ether oxygens (including phenoxy) is 1. The van der Waals surface area contributed by atoms with Crippen molar-refractivity contribution in [2.45, 2.75) is 32.6 Å². The summed E-state index contributed by atoms with van der Waals surface area (Å²) >= 11 is 0. The van der Waals surface area contributed by atoms with E-state index in [2.05, 4.69) is 0 Å². The van der Waals surface area contributed by atoms with Crippen LogP contribution in [0, 0.1) is 6.92 Å². The molecule has 1 saturated heterocycles. The standard InChI is InChI=1S/C15H21NO2/c1-13-7-3-4-8-14(13)18-12-9-15(17)16-10-5-2-6-11-16/h3-4,7-8H,2,5-6,9-12H2,1H3. The van der Waals surface area contributed by atoms with E-state index in [1.54, 1.807) is 0 Å². The molecule has 0 aromatic heterocycles. The molecule has 1 fully saturated rings. The summed E-state index contributed by atoms with van der Waals surface area (Å²) in [6, 6.07) is 7.90.